The van der Waals surface area contributed by atoms with Crippen LogP contribution in [0.15, 0.2) is 24.3 Å². The van der Waals surface area contributed by atoms with Gasteiger partial charge >= 0.3 is 5.71 Å². The third-order valence-corrected chi connectivity index (χ3v) is 5.68. The zero-order valence-electron chi connectivity index (χ0n) is 16.6. The molecule has 0 aromatic heterocycles. The fraction of sp³-hybridized carbons (Fsp3) is 0.318. The van der Waals surface area contributed by atoms with Crippen molar-refractivity contribution in [3.8, 4) is 11.5 Å². The quantitative estimate of drug-likeness (QED) is 0.132. The summed E-state index contributed by atoms with van der Waals surface area (Å²) in [5, 5.41) is 0. The smallest absolute Gasteiger partial charge is 0.330 e. The first-order valence-electron chi connectivity index (χ1n) is 8.67. The van der Waals surface area contributed by atoms with Crippen LogP contribution in [0.25, 0.3) is 5.53 Å². The van der Waals surface area contributed by atoms with Crippen LogP contribution in [0.1, 0.15) is 38.9 Å². The summed E-state index contributed by atoms with van der Waals surface area (Å²) in [7, 11) is -1.42. The Morgan fingerprint density at radius 1 is 0.885 bits per heavy atom. The SMILES string of the molecule is Cc1cc(I)cc(C)c1C(=[N+]=[N-])c1c(C)cc(C#C[Si](C)(C)C)cc1C. The van der Waals surface area contributed by atoms with E-state index in [0.29, 0.717) is 5.71 Å². The Morgan fingerprint density at radius 2 is 1.31 bits per heavy atom. The van der Waals surface area contributed by atoms with Gasteiger partial charge < -0.3 is 5.53 Å². The Labute approximate surface area is 171 Å². The zero-order valence-corrected chi connectivity index (χ0v) is 19.7. The van der Waals surface area contributed by atoms with Gasteiger partial charge in [0.15, 0.2) is 0 Å². The molecule has 0 amide bonds. The molecule has 2 nitrogen and oxygen atoms in total. The second-order valence-corrected chi connectivity index (χ2v) is 13.8. The van der Waals surface area contributed by atoms with Crippen molar-refractivity contribution < 1.29 is 4.79 Å². The second kappa shape index (κ2) is 7.92. The van der Waals surface area contributed by atoms with Crippen molar-refractivity contribution >= 4 is 36.4 Å². The number of halogens is 1. The maximum absolute atomic E-state index is 9.84. The minimum atomic E-state index is -1.42. The van der Waals surface area contributed by atoms with E-state index < -0.39 is 8.07 Å². The minimum Gasteiger partial charge on any atom is -0.361 e. The summed E-state index contributed by atoms with van der Waals surface area (Å²) in [6, 6.07) is 8.43. The Balaban J connectivity index is 2.64. The Morgan fingerprint density at radius 3 is 1.69 bits per heavy atom. The van der Waals surface area contributed by atoms with Crippen LogP contribution in [-0.2, 0) is 0 Å². The van der Waals surface area contributed by atoms with Crippen LogP contribution in [0.3, 0.4) is 0 Å². The molecule has 0 aliphatic carbocycles. The lowest BCUT2D eigenvalue weighted by atomic mass is 9.88. The lowest BCUT2D eigenvalue weighted by Gasteiger charge is -2.12. The maximum Gasteiger partial charge on any atom is 0.330 e. The third kappa shape index (κ3) is 4.73. The number of rotatable bonds is 2. The fourth-order valence-electron chi connectivity index (χ4n) is 3.18. The third-order valence-electron chi connectivity index (χ3n) is 4.19. The van der Waals surface area contributed by atoms with Gasteiger partial charge in [-0.1, -0.05) is 25.6 Å². The van der Waals surface area contributed by atoms with E-state index in [1.807, 2.05) is 0 Å². The van der Waals surface area contributed by atoms with E-state index in [-0.39, 0.29) is 0 Å². The van der Waals surface area contributed by atoms with Gasteiger partial charge in [0.05, 0.1) is 11.1 Å². The predicted octanol–water partition coefficient (Wildman–Crippen LogP) is 5.82. The highest BCUT2D eigenvalue weighted by atomic mass is 127. The summed E-state index contributed by atoms with van der Waals surface area (Å²) < 4.78 is 1.18. The zero-order chi connectivity index (χ0) is 19.6. The molecule has 0 saturated carbocycles. The molecular formula is C22H25IN2Si. The average molecular weight is 472 g/mol. The summed E-state index contributed by atoms with van der Waals surface area (Å²) in [6.07, 6.45) is 0. The molecule has 0 N–H and O–H groups in total. The molecule has 2 rings (SSSR count). The first kappa shape index (κ1) is 20.6. The first-order chi connectivity index (χ1) is 12.0. The van der Waals surface area contributed by atoms with Crippen LogP contribution in [0.5, 0.6) is 0 Å². The number of benzene rings is 2. The maximum atomic E-state index is 9.84. The second-order valence-electron chi connectivity index (χ2n) is 7.85. The fourth-order valence-corrected chi connectivity index (χ4v) is 4.63. The molecule has 2 aromatic rings. The van der Waals surface area contributed by atoms with Crippen molar-refractivity contribution in [2.24, 2.45) is 0 Å². The minimum absolute atomic E-state index is 0.635. The number of nitrogens with zero attached hydrogens (tertiary/aromatic N) is 2. The van der Waals surface area contributed by atoms with E-state index in [0.717, 1.165) is 38.9 Å². The highest BCUT2D eigenvalue weighted by molar-refractivity contribution is 14.1. The van der Waals surface area contributed by atoms with Crippen LogP contribution in [0, 0.1) is 42.7 Å². The van der Waals surface area contributed by atoms with Gasteiger partial charge in [-0.2, -0.15) is 4.79 Å². The molecular weight excluding hydrogens is 447 g/mol. The monoisotopic (exact) mass is 472 g/mol. The molecule has 0 aliphatic heterocycles. The Hall–Kier alpha value is -1.67. The molecule has 0 radical (unpaired) electrons. The van der Waals surface area contributed by atoms with Crippen molar-refractivity contribution in [1.29, 1.82) is 0 Å². The highest BCUT2D eigenvalue weighted by Gasteiger charge is 2.24. The number of hydrogen-bond acceptors (Lipinski definition) is 0. The van der Waals surface area contributed by atoms with E-state index >= 15 is 0 Å². The molecule has 0 saturated heterocycles. The molecule has 0 atom stereocenters. The van der Waals surface area contributed by atoms with Gasteiger partial charge in [0.1, 0.15) is 8.07 Å². The molecule has 0 bridgehead atoms. The molecule has 0 unspecified atom stereocenters. The van der Waals surface area contributed by atoms with E-state index in [9.17, 15) is 5.53 Å². The molecule has 0 heterocycles. The van der Waals surface area contributed by atoms with Crippen molar-refractivity contribution in [1.82, 2.24) is 0 Å². The summed E-state index contributed by atoms with van der Waals surface area (Å²) in [4.78, 5) is 3.70. The van der Waals surface area contributed by atoms with Gasteiger partial charge in [-0.3, -0.25) is 0 Å². The molecule has 134 valence electrons. The normalized spacial score (nSPS) is 10.8. The Bertz CT molecular complexity index is 935. The van der Waals surface area contributed by atoms with E-state index in [2.05, 4.69) is 110 Å². The van der Waals surface area contributed by atoms with Gasteiger partial charge in [0, 0.05) is 9.13 Å². The highest BCUT2D eigenvalue weighted by Crippen LogP contribution is 2.25. The van der Waals surface area contributed by atoms with Gasteiger partial charge in [0.25, 0.3) is 0 Å². The molecule has 0 fully saturated rings. The molecule has 0 spiro atoms. The van der Waals surface area contributed by atoms with E-state index in [1.54, 1.807) is 0 Å². The van der Waals surface area contributed by atoms with E-state index in [1.165, 1.54) is 3.57 Å². The standard InChI is InChI=1S/C22H25IN2Si/c1-14-10-18(8-9-26(5,6)7)11-15(2)20(14)22(25-24)21-16(3)12-19(23)13-17(21)4/h10-13H,1-7H3. The summed E-state index contributed by atoms with van der Waals surface area (Å²) in [5.74, 6) is 3.33. The molecule has 0 aliphatic rings. The van der Waals surface area contributed by atoms with Crippen LogP contribution in [-0.4, -0.2) is 18.6 Å². The van der Waals surface area contributed by atoms with Crippen LogP contribution in [0.4, 0.5) is 0 Å². The molecule has 4 heteroatoms. The van der Waals surface area contributed by atoms with Crippen molar-refractivity contribution in [3.05, 3.63) is 72.3 Å². The van der Waals surface area contributed by atoms with E-state index in [4.69, 9.17) is 0 Å². The lowest BCUT2D eigenvalue weighted by Crippen LogP contribution is -2.16. The summed E-state index contributed by atoms with van der Waals surface area (Å²) >= 11 is 2.32. The summed E-state index contributed by atoms with van der Waals surface area (Å²) in [6.45, 7) is 15.0. The van der Waals surface area contributed by atoms with Crippen LogP contribution in [0.2, 0.25) is 19.6 Å². The van der Waals surface area contributed by atoms with Gasteiger partial charge in [-0.15, -0.1) is 5.54 Å². The van der Waals surface area contributed by atoms with Crippen molar-refractivity contribution in [2.75, 3.05) is 0 Å². The van der Waals surface area contributed by atoms with Gasteiger partial charge in [0.2, 0.25) is 0 Å². The molecule has 26 heavy (non-hydrogen) atoms. The van der Waals surface area contributed by atoms with Crippen molar-refractivity contribution in [2.45, 2.75) is 47.3 Å². The largest absolute Gasteiger partial charge is 0.361 e. The Kier molecular flexibility index (Phi) is 6.28. The number of hydrogen-bond donors (Lipinski definition) is 0. The van der Waals surface area contributed by atoms with Crippen LogP contribution >= 0.6 is 22.6 Å². The lowest BCUT2D eigenvalue weighted by molar-refractivity contribution is -0.00295. The van der Waals surface area contributed by atoms with Gasteiger partial charge in [-0.05, 0) is 96.8 Å². The van der Waals surface area contributed by atoms with Crippen LogP contribution < -0.4 is 0 Å². The van der Waals surface area contributed by atoms with Crippen molar-refractivity contribution in [3.63, 3.8) is 0 Å². The molecule has 2 aromatic carbocycles. The first-order valence-corrected chi connectivity index (χ1v) is 13.3. The topological polar surface area (TPSA) is 36.4 Å². The average Bonchev–Trinajstić information content (AvgIpc) is 2.49. The van der Waals surface area contributed by atoms with Gasteiger partial charge in [-0.25, -0.2) is 0 Å². The number of aryl methyl sites for hydroxylation is 4. The predicted molar refractivity (Wildman–Crippen MR) is 122 cm³/mol. The summed E-state index contributed by atoms with van der Waals surface area (Å²) in [5.41, 5.74) is 21.3.